The first-order valence-corrected chi connectivity index (χ1v) is 11.0. The largest absolute Gasteiger partial charge is 0.299 e. The summed E-state index contributed by atoms with van der Waals surface area (Å²) < 4.78 is 2.34. The fourth-order valence-electron chi connectivity index (χ4n) is 4.27. The molecule has 0 saturated heterocycles. The molecule has 0 fully saturated rings. The SMILES string of the molecule is CC(C)c1cccc(C(C)C)c1-c1nccn1-c1c(C(C)C)cccc1C(C)C.Cl. The number of aromatic nitrogens is 2. The van der Waals surface area contributed by atoms with Crippen molar-refractivity contribution in [2.45, 2.75) is 79.1 Å². The minimum absolute atomic E-state index is 0. The van der Waals surface area contributed by atoms with Crippen LogP contribution in [0.1, 0.15) is 101 Å². The van der Waals surface area contributed by atoms with E-state index in [2.05, 4.69) is 103 Å². The molecule has 0 spiro atoms. The monoisotopic (exact) mass is 424 g/mol. The Kier molecular flexibility index (Phi) is 7.93. The van der Waals surface area contributed by atoms with Crippen LogP contribution < -0.4 is 0 Å². The highest BCUT2D eigenvalue weighted by atomic mass is 35.5. The third-order valence-electron chi connectivity index (χ3n) is 5.82. The molecule has 0 amide bonds. The van der Waals surface area contributed by atoms with Gasteiger partial charge in [0.1, 0.15) is 5.82 Å². The highest BCUT2D eigenvalue weighted by molar-refractivity contribution is 5.85. The molecule has 2 aromatic carbocycles. The average molecular weight is 425 g/mol. The second-order valence-corrected chi connectivity index (χ2v) is 9.34. The summed E-state index contributed by atoms with van der Waals surface area (Å²) in [5.41, 5.74) is 8.11. The van der Waals surface area contributed by atoms with Crippen molar-refractivity contribution in [3.05, 3.63) is 71.0 Å². The van der Waals surface area contributed by atoms with Crippen molar-refractivity contribution < 1.29 is 0 Å². The minimum atomic E-state index is 0. The van der Waals surface area contributed by atoms with Gasteiger partial charge in [0.2, 0.25) is 0 Å². The van der Waals surface area contributed by atoms with Crippen molar-refractivity contribution in [1.82, 2.24) is 9.55 Å². The summed E-state index contributed by atoms with van der Waals surface area (Å²) in [7, 11) is 0. The molecule has 0 aliphatic carbocycles. The van der Waals surface area contributed by atoms with E-state index >= 15 is 0 Å². The van der Waals surface area contributed by atoms with E-state index in [9.17, 15) is 0 Å². The lowest BCUT2D eigenvalue weighted by atomic mass is 9.87. The number of hydrogen-bond donors (Lipinski definition) is 0. The Bertz CT molecular complexity index is 850. The van der Waals surface area contributed by atoms with Crippen molar-refractivity contribution in [2.75, 3.05) is 0 Å². The Balaban J connectivity index is 0.00000320. The quantitative estimate of drug-likeness (QED) is 0.388. The number of rotatable bonds is 6. The zero-order valence-electron chi connectivity index (χ0n) is 19.7. The van der Waals surface area contributed by atoms with Gasteiger partial charge in [0.05, 0.1) is 5.69 Å². The van der Waals surface area contributed by atoms with Crippen molar-refractivity contribution in [3.63, 3.8) is 0 Å². The molecule has 0 atom stereocenters. The Morgan fingerprint density at radius 2 is 1.03 bits per heavy atom. The molecule has 1 heterocycles. The van der Waals surface area contributed by atoms with Gasteiger partial charge in [-0.1, -0.05) is 91.8 Å². The van der Waals surface area contributed by atoms with Crippen LogP contribution in [0.5, 0.6) is 0 Å². The van der Waals surface area contributed by atoms with Crippen LogP contribution in [0.2, 0.25) is 0 Å². The van der Waals surface area contributed by atoms with Crippen molar-refractivity contribution in [2.24, 2.45) is 0 Å². The van der Waals surface area contributed by atoms with Crippen LogP contribution in [-0.2, 0) is 0 Å². The van der Waals surface area contributed by atoms with Crippen LogP contribution in [0.25, 0.3) is 17.1 Å². The van der Waals surface area contributed by atoms with Gasteiger partial charge in [0.25, 0.3) is 0 Å². The number of nitrogens with zero attached hydrogens (tertiary/aromatic N) is 2. The summed E-state index contributed by atoms with van der Waals surface area (Å²) in [5.74, 6) is 2.85. The molecule has 3 rings (SSSR count). The van der Waals surface area contributed by atoms with Gasteiger partial charge in [0, 0.05) is 18.0 Å². The van der Waals surface area contributed by atoms with Crippen molar-refractivity contribution in [3.8, 4) is 17.1 Å². The fraction of sp³-hybridized carbons (Fsp3) is 0.444. The first kappa shape index (κ1) is 24.2. The van der Waals surface area contributed by atoms with Gasteiger partial charge in [-0.2, -0.15) is 0 Å². The normalized spacial score (nSPS) is 11.6. The smallest absolute Gasteiger partial charge is 0.145 e. The highest BCUT2D eigenvalue weighted by Gasteiger charge is 2.23. The van der Waals surface area contributed by atoms with Gasteiger partial charge in [-0.3, -0.25) is 4.57 Å². The van der Waals surface area contributed by atoms with Crippen LogP contribution in [-0.4, -0.2) is 9.55 Å². The minimum Gasteiger partial charge on any atom is -0.299 e. The van der Waals surface area contributed by atoms with Gasteiger partial charge in [0.15, 0.2) is 0 Å². The summed E-state index contributed by atoms with van der Waals surface area (Å²) in [5, 5.41) is 0. The molecular formula is C27H37ClN2. The molecule has 0 aliphatic heterocycles. The maximum absolute atomic E-state index is 4.91. The first-order chi connectivity index (χ1) is 13.7. The summed E-state index contributed by atoms with van der Waals surface area (Å²) in [6.45, 7) is 18.2. The topological polar surface area (TPSA) is 17.8 Å². The molecule has 30 heavy (non-hydrogen) atoms. The number of benzene rings is 2. The zero-order valence-corrected chi connectivity index (χ0v) is 20.5. The van der Waals surface area contributed by atoms with Crippen molar-refractivity contribution in [1.29, 1.82) is 0 Å². The molecule has 1 aromatic heterocycles. The Morgan fingerprint density at radius 1 is 0.633 bits per heavy atom. The van der Waals surface area contributed by atoms with Crippen LogP contribution in [0.15, 0.2) is 48.8 Å². The van der Waals surface area contributed by atoms with E-state index in [0.29, 0.717) is 23.7 Å². The lowest BCUT2D eigenvalue weighted by Crippen LogP contribution is -2.10. The molecule has 162 valence electrons. The lowest BCUT2D eigenvalue weighted by Gasteiger charge is -2.24. The third-order valence-corrected chi connectivity index (χ3v) is 5.82. The van der Waals surface area contributed by atoms with Crippen LogP contribution in [0.3, 0.4) is 0 Å². The molecule has 0 aliphatic rings. The number of hydrogen-bond acceptors (Lipinski definition) is 1. The molecular weight excluding hydrogens is 388 g/mol. The fourth-order valence-corrected chi connectivity index (χ4v) is 4.27. The predicted molar refractivity (Wildman–Crippen MR) is 133 cm³/mol. The van der Waals surface area contributed by atoms with E-state index in [1.165, 1.54) is 33.5 Å². The highest BCUT2D eigenvalue weighted by Crippen LogP contribution is 2.39. The van der Waals surface area contributed by atoms with E-state index in [-0.39, 0.29) is 12.4 Å². The number of imidazole rings is 1. The molecule has 3 heteroatoms. The van der Waals surface area contributed by atoms with E-state index < -0.39 is 0 Å². The summed E-state index contributed by atoms with van der Waals surface area (Å²) in [4.78, 5) is 4.91. The Hall–Kier alpha value is -2.06. The Labute approximate surface area is 189 Å². The van der Waals surface area contributed by atoms with E-state index in [4.69, 9.17) is 4.98 Å². The predicted octanol–water partition coefficient (Wildman–Crippen LogP) is 8.45. The number of para-hydroxylation sites is 1. The van der Waals surface area contributed by atoms with Gasteiger partial charge >= 0.3 is 0 Å². The maximum Gasteiger partial charge on any atom is 0.145 e. The molecule has 3 aromatic rings. The standard InChI is InChI=1S/C27H36N2.ClH/c1-17(2)21-11-9-12-22(18(3)4)25(21)27-28-15-16-29(27)26-23(19(5)6)13-10-14-24(26)20(7)8;/h9-20H,1-8H3;1H. The average Bonchev–Trinajstić information content (AvgIpc) is 3.15. The van der Waals surface area contributed by atoms with Crippen LogP contribution >= 0.6 is 12.4 Å². The zero-order chi connectivity index (χ0) is 21.3. The Morgan fingerprint density at radius 3 is 1.43 bits per heavy atom. The van der Waals surface area contributed by atoms with E-state index in [1.54, 1.807) is 0 Å². The molecule has 0 radical (unpaired) electrons. The van der Waals surface area contributed by atoms with E-state index in [0.717, 1.165) is 5.82 Å². The molecule has 0 N–H and O–H groups in total. The van der Waals surface area contributed by atoms with Gasteiger partial charge < -0.3 is 0 Å². The van der Waals surface area contributed by atoms with Crippen LogP contribution in [0, 0.1) is 0 Å². The maximum atomic E-state index is 4.91. The lowest BCUT2D eigenvalue weighted by molar-refractivity contribution is 0.801. The van der Waals surface area contributed by atoms with E-state index in [1.807, 2.05) is 6.20 Å². The second-order valence-electron chi connectivity index (χ2n) is 9.34. The summed E-state index contributed by atoms with van der Waals surface area (Å²) in [6.07, 6.45) is 4.10. The molecule has 0 unspecified atom stereocenters. The van der Waals surface area contributed by atoms with Crippen LogP contribution in [0.4, 0.5) is 0 Å². The van der Waals surface area contributed by atoms with Crippen molar-refractivity contribution >= 4 is 12.4 Å². The van der Waals surface area contributed by atoms with Gasteiger partial charge in [-0.25, -0.2) is 4.98 Å². The molecule has 0 saturated carbocycles. The molecule has 2 nitrogen and oxygen atoms in total. The van der Waals surface area contributed by atoms with Gasteiger partial charge in [-0.15, -0.1) is 12.4 Å². The summed E-state index contributed by atoms with van der Waals surface area (Å²) in [6, 6.07) is 13.5. The third kappa shape index (κ3) is 4.49. The second kappa shape index (κ2) is 9.83. The van der Waals surface area contributed by atoms with Gasteiger partial charge in [-0.05, 0) is 45.9 Å². The molecule has 0 bridgehead atoms. The summed E-state index contributed by atoms with van der Waals surface area (Å²) >= 11 is 0. The number of halogens is 1. The first-order valence-electron chi connectivity index (χ1n) is 11.0.